The van der Waals surface area contributed by atoms with Gasteiger partial charge in [-0.05, 0) is 19.1 Å². The molecule has 0 aromatic heterocycles. The average Bonchev–Trinajstić information content (AvgIpc) is 2.09. The zero-order chi connectivity index (χ0) is 10.1. The molecule has 4 heteroatoms. The van der Waals surface area contributed by atoms with Crippen molar-refractivity contribution in [1.82, 2.24) is 5.32 Å². The molecule has 72 valence electrons. The van der Waals surface area contributed by atoms with Gasteiger partial charge in [0, 0.05) is 7.05 Å². The second-order valence-electron chi connectivity index (χ2n) is 3.16. The van der Waals surface area contributed by atoms with Crippen LogP contribution in [0.4, 0.5) is 4.39 Å². The summed E-state index contributed by atoms with van der Waals surface area (Å²) in [6.07, 6.45) is 4.57. The van der Waals surface area contributed by atoms with E-state index in [2.05, 4.69) is 5.32 Å². The van der Waals surface area contributed by atoms with Gasteiger partial charge in [-0.1, -0.05) is 17.7 Å². The van der Waals surface area contributed by atoms with Gasteiger partial charge in [0.15, 0.2) is 0 Å². The van der Waals surface area contributed by atoms with Crippen LogP contribution in [0, 0.1) is 0 Å². The van der Waals surface area contributed by atoms with Crippen molar-refractivity contribution in [2.75, 3.05) is 7.05 Å². The number of rotatable bonds is 1. The molecule has 0 saturated carbocycles. The first-order valence-electron chi connectivity index (χ1n) is 3.90. The van der Waals surface area contributed by atoms with Crippen molar-refractivity contribution in [3.8, 4) is 0 Å². The topological polar surface area (TPSA) is 38.0 Å². The van der Waals surface area contributed by atoms with Gasteiger partial charge in [-0.2, -0.15) is 0 Å². The van der Waals surface area contributed by atoms with E-state index < -0.39 is 11.4 Å². The van der Waals surface area contributed by atoms with Crippen molar-refractivity contribution in [2.45, 2.75) is 12.5 Å². The molecular formula is C9H12ClFN2. The molecule has 0 fully saturated rings. The first-order chi connectivity index (χ1) is 5.96. The first kappa shape index (κ1) is 10.3. The molecule has 0 bridgehead atoms. The third kappa shape index (κ3) is 2.32. The van der Waals surface area contributed by atoms with Crippen LogP contribution < -0.4 is 11.1 Å². The number of nitrogens with two attached hydrogens (primary N) is 1. The summed E-state index contributed by atoms with van der Waals surface area (Å²) in [6.45, 7) is 1.70. The highest BCUT2D eigenvalue weighted by Gasteiger charge is 2.19. The van der Waals surface area contributed by atoms with Crippen molar-refractivity contribution in [3.63, 3.8) is 0 Å². The Bertz CT molecular complexity index is 303. The van der Waals surface area contributed by atoms with Crippen LogP contribution in [-0.2, 0) is 0 Å². The van der Waals surface area contributed by atoms with Gasteiger partial charge in [0.05, 0.1) is 16.3 Å². The maximum absolute atomic E-state index is 13.4. The fourth-order valence-electron chi connectivity index (χ4n) is 1.08. The Morgan fingerprint density at radius 2 is 2.23 bits per heavy atom. The lowest BCUT2D eigenvalue weighted by Gasteiger charge is -2.13. The normalized spacial score (nSPS) is 28.5. The Balaban J connectivity index is 3.17. The van der Waals surface area contributed by atoms with Crippen molar-refractivity contribution < 1.29 is 4.39 Å². The standard InChI is InChI=1S/C9H12ClFN2/c1-9(12)4-3-6(10)8(13-2)7(11)5-9/h3-5,13H,12H2,1-2H3/t9-/m0/s1. The van der Waals surface area contributed by atoms with Crippen molar-refractivity contribution in [3.05, 3.63) is 34.8 Å². The number of nitrogens with one attached hydrogen (secondary N) is 1. The quantitative estimate of drug-likeness (QED) is 0.681. The van der Waals surface area contributed by atoms with Crippen LogP contribution in [0.25, 0.3) is 0 Å². The summed E-state index contributed by atoms with van der Waals surface area (Å²) in [5.74, 6) is -0.428. The van der Waals surface area contributed by atoms with E-state index in [1.54, 1.807) is 26.1 Å². The predicted molar refractivity (Wildman–Crippen MR) is 52.9 cm³/mol. The monoisotopic (exact) mass is 202 g/mol. The Kier molecular flexibility index (Phi) is 2.78. The molecule has 0 unspecified atom stereocenters. The fourth-order valence-corrected chi connectivity index (χ4v) is 1.33. The van der Waals surface area contributed by atoms with Gasteiger partial charge in [0.1, 0.15) is 5.83 Å². The van der Waals surface area contributed by atoms with Crippen molar-refractivity contribution in [1.29, 1.82) is 0 Å². The summed E-state index contributed by atoms with van der Waals surface area (Å²) in [5.41, 5.74) is 5.21. The lowest BCUT2D eigenvalue weighted by Crippen LogP contribution is -2.30. The molecule has 0 aromatic carbocycles. The molecule has 3 N–H and O–H groups in total. The second-order valence-corrected chi connectivity index (χ2v) is 3.57. The molecule has 13 heavy (non-hydrogen) atoms. The maximum atomic E-state index is 13.4. The SMILES string of the molecule is CNC1=C(Cl)C=C[C@](C)(N)C=C1F. The lowest BCUT2D eigenvalue weighted by molar-refractivity contribution is 0.607. The van der Waals surface area contributed by atoms with Crippen LogP contribution in [0.1, 0.15) is 6.92 Å². The zero-order valence-electron chi connectivity index (χ0n) is 7.57. The number of hydrogen-bond acceptors (Lipinski definition) is 2. The highest BCUT2D eigenvalue weighted by Crippen LogP contribution is 2.24. The van der Waals surface area contributed by atoms with E-state index in [0.717, 1.165) is 0 Å². The third-order valence-electron chi connectivity index (χ3n) is 1.75. The second kappa shape index (κ2) is 3.52. The number of halogens is 2. The minimum absolute atomic E-state index is 0.270. The minimum Gasteiger partial charge on any atom is -0.385 e. The number of allylic oxidation sites excluding steroid dienone is 3. The lowest BCUT2D eigenvalue weighted by atomic mass is 10.0. The van der Waals surface area contributed by atoms with E-state index >= 15 is 0 Å². The van der Waals surface area contributed by atoms with E-state index in [1.807, 2.05) is 0 Å². The molecule has 0 radical (unpaired) electrons. The van der Waals surface area contributed by atoms with Crippen LogP contribution >= 0.6 is 11.6 Å². The molecule has 0 amide bonds. The van der Waals surface area contributed by atoms with Crippen molar-refractivity contribution in [2.24, 2.45) is 5.73 Å². The summed E-state index contributed by atoms with van der Waals surface area (Å²) in [6, 6.07) is 0. The van der Waals surface area contributed by atoms with Crippen LogP contribution in [-0.4, -0.2) is 12.6 Å². The van der Waals surface area contributed by atoms with Gasteiger partial charge in [-0.3, -0.25) is 0 Å². The molecule has 0 aliphatic heterocycles. The van der Waals surface area contributed by atoms with Gasteiger partial charge in [0.2, 0.25) is 0 Å². The molecule has 1 aliphatic carbocycles. The molecule has 0 spiro atoms. The maximum Gasteiger partial charge on any atom is 0.145 e. The van der Waals surface area contributed by atoms with Gasteiger partial charge < -0.3 is 11.1 Å². The van der Waals surface area contributed by atoms with E-state index in [1.165, 1.54) is 6.08 Å². The zero-order valence-corrected chi connectivity index (χ0v) is 8.32. The first-order valence-corrected chi connectivity index (χ1v) is 4.28. The van der Waals surface area contributed by atoms with Crippen LogP contribution in [0.15, 0.2) is 34.8 Å². The number of likely N-dealkylation sites (N-methyl/N-ethyl adjacent to an activating group) is 1. The van der Waals surface area contributed by atoms with E-state index in [0.29, 0.717) is 5.03 Å². The van der Waals surface area contributed by atoms with Gasteiger partial charge in [-0.15, -0.1) is 0 Å². The van der Waals surface area contributed by atoms with E-state index in [4.69, 9.17) is 17.3 Å². The number of hydrogen-bond donors (Lipinski definition) is 2. The Morgan fingerprint density at radius 3 is 2.77 bits per heavy atom. The summed E-state index contributed by atoms with van der Waals surface area (Å²) in [4.78, 5) is 0. The van der Waals surface area contributed by atoms with Gasteiger partial charge in [-0.25, -0.2) is 4.39 Å². The molecule has 0 aromatic rings. The largest absolute Gasteiger partial charge is 0.385 e. The summed E-state index contributed by atoms with van der Waals surface area (Å²) in [7, 11) is 1.61. The molecule has 0 heterocycles. The van der Waals surface area contributed by atoms with E-state index in [9.17, 15) is 4.39 Å². The van der Waals surface area contributed by atoms with Gasteiger partial charge >= 0.3 is 0 Å². The Labute approximate surface area is 81.9 Å². The Morgan fingerprint density at radius 1 is 1.62 bits per heavy atom. The van der Waals surface area contributed by atoms with Gasteiger partial charge in [0.25, 0.3) is 0 Å². The van der Waals surface area contributed by atoms with E-state index in [-0.39, 0.29) is 5.70 Å². The van der Waals surface area contributed by atoms with Crippen LogP contribution in [0.5, 0.6) is 0 Å². The molecular weight excluding hydrogens is 191 g/mol. The molecule has 0 saturated heterocycles. The van der Waals surface area contributed by atoms with Crippen LogP contribution in [0.3, 0.4) is 0 Å². The smallest absolute Gasteiger partial charge is 0.145 e. The highest BCUT2D eigenvalue weighted by atomic mass is 35.5. The summed E-state index contributed by atoms with van der Waals surface area (Å²) < 4.78 is 13.4. The molecule has 2 nitrogen and oxygen atoms in total. The van der Waals surface area contributed by atoms with Crippen LogP contribution in [0.2, 0.25) is 0 Å². The molecule has 1 aliphatic rings. The summed E-state index contributed by atoms with van der Waals surface area (Å²) >= 11 is 5.80. The fraction of sp³-hybridized carbons (Fsp3) is 0.333. The minimum atomic E-state index is -0.789. The molecule has 1 rings (SSSR count). The molecule has 1 atom stereocenters. The highest BCUT2D eigenvalue weighted by molar-refractivity contribution is 6.31. The predicted octanol–water partition coefficient (Wildman–Crippen LogP) is 1.80. The average molecular weight is 203 g/mol. The Hall–Kier alpha value is -0.800. The summed E-state index contributed by atoms with van der Waals surface area (Å²) in [5, 5.41) is 3.00. The third-order valence-corrected chi connectivity index (χ3v) is 2.07. The van der Waals surface area contributed by atoms with Crippen molar-refractivity contribution >= 4 is 11.6 Å².